The van der Waals surface area contributed by atoms with E-state index in [0.29, 0.717) is 24.3 Å². The Morgan fingerprint density at radius 3 is 2.69 bits per heavy atom. The van der Waals surface area contributed by atoms with Gasteiger partial charge in [0.15, 0.2) is 0 Å². The number of nitrogens with one attached hydrogen (secondary N) is 2. The van der Waals surface area contributed by atoms with E-state index in [1.165, 1.54) is 6.07 Å². The zero-order valence-corrected chi connectivity index (χ0v) is 18.9. The number of hydrogen-bond acceptors (Lipinski definition) is 4. The number of aromatic amines is 1. The van der Waals surface area contributed by atoms with Gasteiger partial charge in [-0.3, -0.25) is 4.99 Å². The molecule has 0 amide bonds. The highest BCUT2D eigenvalue weighted by atomic mass is 32.1. The highest BCUT2D eigenvalue weighted by Gasteiger charge is 2.15. The average molecular weight is 448 g/mol. The summed E-state index contributed by atoms with van der Waals surface area (Å²) in [6, 6.07) is 13.1. The number of thiophene rings is 1. The maximum atomic E-state index is 14.2. The molecule has 7 heteroatoms. The van der Waals surface area contributed by atoms with Crippen LogP contribution in [-0.2, 0) is 6.42 Å². The summed E-state index contributed by atoms with van der Waals surface area (Å²) in [6.07, 6.45) is 2.29. The molecule has 0 atom stereocenters. The minimum atomic E-state index is -0.239. The lowest BCUT2D eigenvalue weighted by Gasteiger charge is -2.05. The van der Waals surface area contributed by atoms with Crippen LogP contribution in [0, 0.1) is 19.7 Å². The van der Waals surface area contributed by atoms with Crippen LogP contribution in [-0.4, -0.2) is 17.4 Å². The Morgan fingerprint density at radius 1 is 1.22 bits per heavy atom. The second-order valence-electron chi connectivity index (χ2n) is 7.68. The van der Waals surface area contributed by atoms with Gasteiger partial charge in [0.1, 0.15) is 11.7 Å². The molecule has 4 rings (SSSR count). The van der Waals surface area contributed by atoms with Gasteiger partial charge in [0.05, 0.1) is 16.1 Å². The normalized spacial score (nSPS) is 11.8. The summed E-state index contributed by atoms with van der Waals surface area (Å²) in [5.41, 5.74) is 18.5. The Hall–Kier alpha value is -3.58. The lowest BCUT2D eigenvalue weighted by molar-refractivity contribution is 0.637. The number of nitrogens with two attached hydrogens (primary N) is 2. The Labute approximate surface area is 190 Å². The van der Waals surface area contributed by atoms with Gasteiger partial charge in [0.2, 0.25) is 0 Å². The molecule has 0 saturated heterocycles. The lowest BCUT2D eigenvalue weighted by atomic mass is 10.0. The molecule has 0 fully saturated rings. The molecule has 4 aromatic rings. The molecule has 0 aliphatic rings. The number of fused-ring (bicyclic) bond motifs is 1. The molecule has 5 nitrogen and oxygen atoms in total. The van der Waals surface area contributed by atoms with E-state index in [1.54, 1.807) is 17.5 Å². The van der Waals surface area contributed by atoms with Crippen LogP contribution >= 0.6 is 11.3 Å². The number of anilines is 2. The van der Waals surface area contributed by atoms with E-state index in [-0.39, 0.29) is 5.82 Å². The predicted molar refractivity (Wildman–Crippen MR) is 135 cm³/mol. The van der Waals surface area contributed by atoms with Crippen LogP contribution in [0.15, 0.2) is 60.2 Å². The van der Waals surface area contributed by atoms with Gasteiger partial charge in [0.25, 0.3) is 0 Å². The first kappa shape index (κ1) is 21.6. The van der Waals surface area contributed by atoms with E-state index in [9.17, 15) is 4.39 Å². The third-order valence-corrected chi connectivity index (χ3v) is 6.70. The van der Waals surface area contributed by atoms with Crippen LogP contribution in [0.25, 0.3) is 21.3 Å². The summed E-state index contributed by atoms with van der Waals surface area (Å²) < 4.78 is 14.2. The molecule has 164 valence electrons. The molecule has 32 heavy (non-hydrogen) atoms. The zero-order chi connectivity index (χ0) is 22.8. The fourth-order valence-corrected chi connectivity index (χ4v) is 4.95. The average Bonchev–Trinajstić information content (AvgIpc) is 3.34. The monoisotopic (exact) mass is 447 g/mol. The number of aromatic nitrogens is 1. The van der Waals surface area contributed by atoms with E-state index >= 15 is 0 Å². The summed E-state index contributed by atoms with van der Waals surface area (Å²) in [6.45, 7) is 8.22. The van der Waals surface area contributed by atoms with Gasteiger partial charge < -0.3 is 21.8 Å². The topological polar surface area (TPSA) is 92.2 Å². The van der Waals surface area contributed by atoms with Crippen molar-refractivity contribution in [1.82, 2.24) is 4.98 Å². The quantitative estimate of drug-likeness (QED) is 0.165. The molecular formula is C25H26FN5S. The number of halogens is 1. The van der Waals surface area contributed by atoms with Gasteiger partial charge in [-0.1, -0.05) is 24.8 Å². The molecule has 0 spiro atoms. The molecule has 0 unspecified atom stereocenters. The van der Waals surface area contributed by atoms with Crippen molar-refractivity contribution in [3.63, 3.8) is 0 Å². The minimum absolute atomic E-state index is 0.239. The van der Waals surface area contributed by atoms with Crippen LogP contribution in [0.5, 0.6) is 0 Å². The number of H-pyrrole nitrogens is 1. The molecule has 2 aromatic carbocycles. The van der Waals surface area contributed by atoms with Crippen LogP contribution in [0.1, 0.15) is 21.7 Å². The summed E-state index contributed by atoms with van der Waals surface area (Å²) in [7, 11) is 0. The second-order valence-corrected chi connectivity index (χ2v) is 8.74. The van der Waals surface area contributed by atoms with Crippen molar-refractivity contribution >= 4 is 39.5 Å². The number of nitrogens with zero attached hydrogens (tertiary/aromatic N) is 1. The Morgan fingerprint density at radius 2 is 1.97 bits per heavy atom. The third kappa shape index (κ3) is 4.11. The summed E-state index contributed by atoms with van der Waals surface area (Å²) in [5, 5.41) is 4.09. The molecular weight excluding hydrogens is 421 g/mol. The maximum Gasteiger partial charge on any atom is 0.147 e. The standard InChI is InChI=1S/C25H26FN5S/c1-4-29-20-13-21(16-6-8-17(27)9-7-16)32-24(20)25(28)30-12-11-18-15(3)31-23-19(26)10-5-14(2)22(18)23/h4-10,13,29,31H,1,11-12,27H2,2-3H3,(H2,28,30). The fourth-order valence-electron chi connectivity index (χ4n) is 3.90. The number of nitrogen functional groups attached to an aromatic ring is 1. The number of rotatable bonds is 7. The van der Waals surface area contributed by atoms with Crippen LogP contribution in [0.2, 0.25) is 0 Å². The lowest BCUT2D eigenvalue weighted by Crippen LogP contribution is -2.14. The van der Waals surface area contributed by atoms with Gasteiger partial charge in [-0.05, 0) is 67.4 Å². The second kappa shape index (κ2) is 8.88. The Balaban J connectivity index is 1.60. The number of aliphatic imine (C=N–C) groups is 1. The first-order valence-electron chi connectivity index (χ1n) is 10.3. The molecule has 2 aromatic heterocycles. The Bertz CT molecular complexity index is 1310. The first-order chi connectivity index (χ1) is 15.4. The molecule has 0 saturated carbocycles. The minimum Gasteiger partial charge on any atom is -0.399 e. The molecule has 2 heterocycles. The van der Waals surface area contributed by atoms with Crippen molar-refractivity contribution in [2.45, 2.75) is 20.3 Å². The van der Waals surface area contributed by atoms with Crippen LogP contribution in [0.3, 0.4) is 0 Å². The van der Waals surface area contributed by atoms with Crippen molar-refractivity contribution in [2.75, 3.05) is 17.6 Å². The van der Waals surface area contributed by atoms with Gasteiger partial charge in [-0.2, -0.15) is 0 Å². The predicted octanol–water partition coefficient (Wildman–Crippen LogP) is 5.74. The van der Waals surface area contributed by atoms with E-state index < -0.39 is 0 Å². The van der Waals surface area contributed by atoms with Crippen molar-refractivity contribution in [2.24, 2.45) is 10.7 Å². The zero-order valence-electron chi connectivity index (χ0n) is 18.1. The van der Waals surface area contributed by atoms with Crippen molar-refractivity contribution in [1.29, 1.82) is 0 Å². The molecule has 0 aliphatic heterocycles. The highest BCUT2D eigenvalue weighted by Crippen LogP contribution is 2.35. The number of hydrogen-bond donors (Lipinski definition) is 4. The van der Waals surface area contributed by atoms with Crippen LogP contribution in [0.4, 0.5) is 15.8 Å². The number of aryl methyl sites for hydroxylation is 2. The van der Waals surface area contributed by atoms with Gasteiger partial charge in [0, 0.05) is 28.2 Å². The SMILES string of the molecule is C=CNc1cc(-c2ccc(N)cc2)sc1C(N)=NCCc1c(C)[nH]c2c(F)ccc(C)c12. The van der Waals surface area contributed by atoms with Gasteiger partial charge in [-0.15, -0.1) is 11.3 Å². The third-order valence-electron chi connectivity index (χ3n) is 5.49. The number of benzene rings is 2. The largest absolute Gasteiger partial charge is 0.399 e. The summed E-state index contributed by atoms with van der Waals surface area (Å²) >= 11 is 1.56. The summed E-state index contributed by atoms with van der Waals surface area (Å²) in [5.74, 6) is 0.221. The summed E-state index contributed by atoms with van der Waals surface area (Å²) in [4.78, 5) is 9.72. The fraction of sp³-hybridized carbons (Fsp3) is 0.160. The maximum absolute atomic E-state index is 14.2. The van der Waals surface area contributed by atoms with Crippen molar-refractivity contribution in [3.8, 4) is 10.4 Å². The van der Waals surface area contributed by atoms with E-state index in [0.717, 1.165) is 48.9 Å². The molecule has 6 N–H and O–H groups in total. The number of amidine groups is 1. The van der Waals surface area contributed by atoms with Crippen molar-refractivity contribution in [3.05, 3.63) is 82.8 Å². The highest BCUT2D eigenvalue weighted by molar-refractivity contribution is 7.18. The van der Waals surface area contributed by atoms with E-state index in [1.807, 2.05) is 50.2 Å². The van der Waals surface area contributed by atoms with Gasteiger partial charge in [-0.25, -0.2) is 4.39 Å². The Kier molecular flexibility index (Phi) is 6.01. The molecule has 0 radical (unpaired) electrons. The van der Waals surface area contributed by atoms with E-state index in [4.69, 9.17) is 11.5 Å². The van der Waals surface area contributed by atoms with Gasteiger partial charge >= 0.3 is 0 Å². The smallest absolute Gasteiger partial charge is 0.147 e. The van der Waals surface area contributed by atoms with Crippen LogP contribution < -0.4 is 16.8 Å². The molecule has 0 aliphatic carbocycles. The van der Waals surface area contributed by atoms with Crippen molar-refractivity contribution < 1.29 is 4.39 Å². The first-order valence-corrected chi connectivity index (χ1v) is 11.1. The molecule has 0 bridgehead atoms. The van der Waals surface area contributed by atoms with E-state index in [2.05, 4.69) is 21.9 Å².